The highest BCUT2D eigenvalue weighted by Crippen LogP contribution is 2.19. The van der Waals surface area contributed by atoms with Gasteiger partial charge in [0.15, 0.2) is 0 Å². The molecule has 0 aliphatic carbocycles. The highest BCUT2D eigenvalue weighted by Gasteiger charge is 2.28. The van der Waals surface area contributed by atoms with Gasteiger partial charge in [-0.1, -0.05) is 32.0 Å². The van der Waals surface area contributed by atoms with Gasteiger partial charge in [0.2, 0.25) is 11.7 Å². The number of H-pyrrole nitrogens is 1. The molecule has 1 aromatic heterocycles. The fourth-order valence-electron chi connectivity index (χ4n) is 2.97. The summed E-state index contributed by atoms with van der Waals surface area (Å²) in [5, 5.41) is 14.0. The quantitative estimate of drug-likeness (QED) is 0.904. The zero-order valence-corrected chi connectivity index (χ0v) is 14.1. The fourth-order valence-corrected chi connectivity index (χ4v) is 2.97. The lowest BCUT2D eigenvalue weighted by molar-refractivity contribution is -0.145. The summed E-state index contributed by atoms with van der Waals surface area (Å²) >= 11 is 0. The topological polar surface area (TPSA) is 84.0 Å². The van der Waals surface area contributed by atoms with Crippen molar-refractivity contribution in [1.82, 2.24) is 25.5 Å². The van der Waals surface area contributed by atoms with Crippen molar-refractivity contribution in [2.45, 2.75) is 45.3 Å². The minimum absolute atomic E-state index is 0.137. The molecule has 7 nitrogen and oxygen atoms in total. The molecule has 0 saturated carbocycles. The average Bonchev–Trinajstić information content (AvgIpc) is 3.16. The van der Waals surface area contributed by atoms with Crippen LogP contribution in [-0.4, -0.2) is 56.7 Å². The van der Waals surface area contributed by atoms with Crippen LogP contribution in [0.5, 0.6) is 0 Å². The molecule has 0 radical (unpaired) electrons. The Morgan fingerprint density at radius 1 is 1.29 bits per heavy atom. The highest BCUT2D eigenvalue weighted by molar-refractivity contribution is 5.79. The molecule has 1 N–H and O–H groups in total. The van der Waals surface area contributed by atoms with E-state index in [4.69, 9.17) is 4.74 Å². The molecule has 0 spiro atoms. The van der Waals surface area contributed by atoms with Crippen molar-refractivity contribution in [2.24, 2.45) is 0 Å². The van der Waals surface area contributed by atoms with Crippen LogP contribution in [0, 0.1) is 0 Å². The first-order valence-electron chi connectivity index (χ1n) is 8.45. The Labute approximate surface area is 141 Å². The molecule has 0 bridgehead atoms. The summed E-state index contributed by atoms with van der Waals surface area (Å²) in [5.41, 5.74) is 1.81. The van der Waals surface area contributed by atoms with Gasteiger partial charge in [-0.25, -0.2) is 0 Å². The van der Waals surface area contributed by atoms with Gasteiger partial charge in [0.1, 0.15) is 0 Å². The number of nitrogens with one attached hydrogen (secondary N) is 1. The van der Waals surface area contributed by atoms with E-state index in [0.717, 1.165) is 24.0 Å². The number of benzene rings is 1. The summed E-state index contributed by atoms with van der Waals surface area (Å²) in [6.45, 7) is 5.55. The lowest BCUT2D eigenvalue weighted by Gasteiger charge is -2.37. The number of hydrogen-bond acceptors (Lipinski definition) is 5. The molecule has 1 aliphatic rings. The molecular weight excluding hydrogens is 306 g/mol. The number of hydrogen-bond donors (Lipinski definition) is 1. The van der Waals surface area contributed by atoms with E-state index in [1.54, 1.807) is 0 Å². The molecule has 2 atom stereocenters. The smallest absolute Gasteiger partial charge is 0.227 e. The molecule has 2 aromatic rings. The van der Waals surface area contributed by atoms with Gasteiger partial charge in [-0.15, -0.1) is 10.2 Å². The summed E-state index contributed by atoms with van der Waals surface area (Å²) in [6.07, 6.45) is 2.50. The molecule has 1 fully saturated rings. The van der Waals surface area contributed by atoms with E-state index >= 15 is 0 Å². The first-order valence-corrected chi connectivity index (χ1v) is 8.45. The number of rotatable bonds is 5. The van der Waals surface area contributed by atoms with Crippen molar-refractivity contribution < 1.29 is 9.53 Å². The largest absolute Gasteiger partial charge is 0.371 e. The monoisotopic (exact) mass is 329 g/mol. The molecule has 1 aliphatic heterocycles. The van der Waals surface area contributed by atoms with Crippen LogP contribution in [0.25, 0.3) is 11.4 Å². The first-order chi connectivity index (χ1) is 11.7. The van der Waals surface area contributed by atoms with E-state index in [0.29, 0.717) is 25.3 Å². The van der Waals surface area contributed by atoms with Crippen LogP contribution in [-0.2, 0) is 16.0 Å². The highest BCUT2D eigenvalue weighted by atomic mass is 16.5. The zero-order valence-electron chi connectivity index (χ0n) is 14.1. The predicted molar refractivity (Wildman–Crippen MR) is 89.1 cm³/mol. The summed E-state index contributed by atoms with van der Waals surface area (Å²) in [7, 11) is 0. The molecule has 2 unspecified atom stereocenters. The van der Waals surface area contributed by atoms with E-state index in [1.807, 2.05) is 29.2 Å². The maximum atomic E-state index is 12.7. The van der Waals surface area contributed by atoms with Gasteiger partial charge in [0.05, 0.1) is 18.6 Å². The lowest BCUT2D eigenvalue weighted by atomic mass is 10.1. The van der Waals surface area contributed by atoms with Crippen LogP contribution in [0.2, 0.25) is 0 Å². The van der Waals surface area contributed by atoms with Crippen molar-refractivity contribution in [2.75, 3.05) is 13.1 Å². The third-order valence-electron chi connectivity index (χ3n) is 4.38. The Balaban J connectivity index is 1.69. The Morgan fingerprint density at radius 3 is 2.67 bits per heavy atom. The number of carbonyl (C=O) groups is 1. The van der Waals surface area contributed by atoms with Crippen LogP contribution >= 0.6 is 0 Å². The van der Waals surface area contributed by atoms with Crippen molar-refractivity contribution in [3.63, 3.8) is 0 Å². The van der Waals surface area contributed by atoms with Crippen LogP contribution in [0.1, 0.15) is 32.3 Å². The van der Waals surface area contributed by atoms with Gasteiger partial charge in [0, 0.05) is 18.7 Å². The number of ether oxygens (including phenoxy) is 1. The van der Waals surface area contributed by atoms with Crippen molar-refractivity contribution in [3.8, 4) is 11.4 Å². The summed E-state index contributed by atoms with van der Waals surface area (Å²) < 4.78 is 5.96. The van der Waals surface area contributed by atoms with E-state index in [-0.39, 0.29) is 18.1 Å². The molecule has 128 valence electrons. The SMILES string of the molecule is CCC1CN(C(=O)Cc2cccc(-c3nn[nH]n3)c2)CC(CC)O1. The Morgan fingerprint density at radius 2 is 2.04 bits per heavy atom. The summed E-state index contributed by atoms with van der Waals surface area (Å²) in [4.78, 5) is 14.6. The van der Waals surface area contributed by atoms with Crippen LogP contribution in [0.3, 0.4) is 0 Å². The number of aromatic amines is 1. The van der Waals surface area contributed by atoms with Crippen molar-refractivity contribution in [1.29, 1.82) is 0 Å². The normalized spacial score (nSPS) is 21.0. The minimum Gasteiger partial charge on any atom is -0.371 e. The third-order valence-corrected chi connectivity index (χ3v) is 4.38. The lowest BCUT2D eigenvalue weighted by Crippen LogP contribution is -2.50. The van der Waals surface area contributed by atoms with Crippen LogP contribution < -0.4 is 0 Å². The van der Waals surface area contributed by atoms with Gasteiger partial charge in [-0.3, -0.25) is 4.79 Å². The number of morpholine rings is 1. The molecule has 3 rings (SSSR count). The Hall–Kier alpha value is -2.28. The minimum atomic E-state index is 0.137. The van der Waals surface area contributed by atoms with Gasteiger partial charge in [-0.05, 0) is 29.7 Å². The zero-order chi connectivity index (χ0) is 16.9. The van der Waals surface area contributed by atoms with Crippen LogP contribution in [0.4, 0.5) is 0 Å². The van der Waals surface area contributed by atoms with Crippen molar-refractivity contribution in [3.05, 3.63) is 29.8 Å². The van der Waals surface area contributed by atoms with E-state index in [1.165, 1.54) is 0 Å². The van der Waals surface area contributed by atoms with E-state index in [9.17, 15) is 4.79 Å². The van der Waals surface area contributed by atoms with Gasteiger partial charge >= 0.3 is 0 Å². The molecule has 2 heterocycles. The molecular formula is C17H23N5O2. The number of nitrogens with zero attached hydrogens (tertiary/aromatic N) is 4. The maximum absolute atomic E-state index is 12.7. The molecule has 1 saturated heterocycles. The number of amides is 1. The molecule has 24 heavy (non-hydrogen) atoms. The second-order valence-corrected chi connectivity index (χ2v) is 6.11. The summed E-state index contributed by atoms with van der Waals surface area (Å²) in [5.74, 6) is 0.674. The van der Waals surface area contributed by atoms with Crippen molar-refractivity contribution >= 4 is 5.91 Å². The molecule has 1 aromatic carbocycles. The maximum Gasteiger partial charge on any atom is 0.227 e. The standard InChI is InChI=1S/C17H23N5O2/c1-3-14-10-22(11-15(4-2)24-14)16(23)9-12-6-5-7-13(8-12)17-18-20-21-19-17/h5-8,14-15H,3-4,9-11H2,1-2H3,(H,18,19,20,21). The van der Waals surface area contributed by atoms with Gasteiger partial charge < -0.3 is 9.64 Å². The second-order valence-electron chi connectivity index (χ2n) is 6.11. The fraction of sp³-hybridized carbons (Fsp3) is 0.529. The molecule has 1 amide bonds. The van der Waals surface area contributed by atoms with Gasteiger partial charge in [-0.2, -0.15) is 5.21 Å². The van der Waals surface area contributed by atoms with Crippen LogP contribution in [0.15, 0.2) is 24.3 Å². The number of tetrazole rings is 1. The van der Waals surface area contributed by atoms with Gasteiger partial charge in [0.25, 0.3) is 0 Å². The number of carbonyl (C=O) groups excluding carboxylic acids is 1. The molecule has 7 heteroatoms. The first kappa shape index (κ1) is 16.6. The van der Waals surface area contributed by atoms with E-state index in [2.05, 4.69) is 34.5 Å². The number of aromatic nitrogens is 4. The Kier molecular flexibility index (Phi) is 5.20. The average molecular weight is 329 g/mol. The Bertz CT molecular complexity index is 661. The third kappa shape index (κ3) is 3.79. The summed E-state index contributed by atoms with van der Waals surface area (Å²) in [6, 6.07) is 7.72. The second kappa shape index (κ2) is 7.53. The predicted octanol–water partition coefficient (Wildman–Crippen LogP) is 1.83. The van der Waals surface area contributed by atoms with E-state index < -0.39 is 0 Å².